The average Bonchev–Trinajstić information content (AvgIpc) is 2.61. The number of benzene rings is 2. The summed E-state index contributed by atoms with van der Waals surface area (Å²) in [7, 11) is 1.56. The van der Waals surface area contributed by atoms with Crippen molar-refractivity contribution in [2.45, 2.75) is 19.3 Å². The molecule has 0 bridgehead atoms. The number of carbonyl (C=O) groups excluding carboxylic acids is 2. The SMILES string of the molecule is COc1cccc(NC(=O)CCC(=O)OCCc2ccccc2)c1. The van der Waals surface area contributed by atoms with Gasteiger partial charge >= 0.3 is 5.97 Å². The van der Waals surface area contributed by atoms with Crippen molar-refractivity contribution in [2.75, 3.05) is 19.0 Å². The van der Waals surface area contributed by atoms with E-state index in [4.69, 9.17) is 9.47 Å². The molecule has 0 radical (unpaired) electrons. The highest BCUT2D eigenvalue weighted by molar-refractivity contribution is 5.92. The molecule has 0 aliphatic carbocycles. The fourth-order valence-corrected chi connectivity index (χ4v) is 2.14. The maximum Gasteiger partial charge on any atom is 0.306 e. The van der Waals surface area contributed by atoms with Crippen molar-refractivity contribution in [3.05, 3.63) is 60.2 Å². The van der Waals surface area contributed by atoms with E-state index in [0.717, 1.165) is 5.56 Å². The molecule has 5 nitrogen and oxygen atoms in total. The van der Waals surface area contributed by atoms with Crippen LogP contribution in [0.5, 0.6) is 5.75 Å². The third kappa shape index (κ3) is 6.12. The van der Waals surface area contributed by atoms with Gasteiger partial charge in [-0.25, -0.2) is 0 Å². The third-order valence-electron chi connectivity index (χ3n) is 3.41. The molecule has 0 saturated heterocycles. The molecule has 24 heavy (non-hydrogen) atoms. The average molecular weight is 327 g/mol. The normalized spacial score (nSPS) is 10.0. The van der Waals surface area contributed by atoms with Crippen molar-refractivity contribution in [1.29, 1.82) is 0 Å². The number of nitrogens with one attached hydrogen (secondary N) is 1. The number of rotatable bonds is 8. The lowest BCUT2D eigenvalue weighted by atomic mass is 10.2. The van der Waals surface area contributed by atoms with E-state index in [1.54, 1.807) is 31.4 Å². The van der Waals surface area contributed by atoms with Crippen LogP contribution in [0.25, 0.3) is 0 Å². The minimum Gasteiger partial charge on any atom is -0.497 e. The van der Waals surface area contributed by atoms with Crippen LogP contribution in [0.2, 0.25) is 0 Å². The van der Waals surface area contributed by atoms with E-state index in [2.05, 4.69) is 5.32 Å². The summed E-state index contributed by atoms with van der Waals surface area (Å²) in [5.74, 6) is 0.0584. The summed E-state index contributed by atoms with van der Waals surface area (Å²) in [5.41, 5.74) is 1.75. The van der Waals surface area contributed by atoms with Crippen LogP contribution < -0.4 is 10.1 Å². The van der Waals surface area contributed by atoms with E-state index in [1.165, 1.54) is 0 Å². The molecule has 2 aromatic rings. The molecule has 0 aromatic heterocycles. The van der Waals surface area contributed by atoms with Gasteiger partial charge in [0.15, 0.2) is 0 Å². The first kappa shape index (κ1) is 17.5. The van der Waals surface area contributed by atoms with Crippen molar-refractivity contribution in [3.8, 4) is 5.75 Å². The molecule has 2 aromatic carbocycles. The minimum atomic E-state index is -0.369. The van der Waals surface area contributed by atoms with Gasteiger partial charge in [0.2, 0.25) is 5.91 Å². The summed E-state index contributed by atoms with van der Waals surface area (Å²) < 4.78 is 10.2. The van der Waals surface area contributed by atoms with Gasteiger partial charge in [0.05, 0.1) is 20.1 Å². The van der Waals surface area contributed by atoms with Crippen LogP contribution in [-0.2, 0) is 20.7 Å². The van der Waals surface area contributed by atoms with Gasteiger partial charge in [0.25, 0.3) is 0 Å². The fraction of sp³-hybridized carbons (Fsp3) is 0.263. The van der Waals surface area contributed by atoms with E-state index in [0.29, 0.717) is 24.5 Å². The second-order valence-electron chi connectivity index (χ2n) is 5.24. The molecule has 0 spiro atoms. The number of hydrogen-bond donors (Lipinski definition) is 1. The zero-order chi connectivity index (χ0) is 17.2. The molecule has 0 atom stereocenters. The monoisotopic (exact) mass is 327 g/mol. The Morgan fingerprint density at radius 3 is 2.54 bits per heavy atom. The summed E-state index contributed by atoms with van der Waals surface area (Å²) >= 11 is 0. The van der Waals surface area contributed by atoms with Crippen LogP contribution in [0.1, 0.15) is 18.4 Å². The summed E-state index contributed by atoms with van der Waals surface area (Å²) in [4.78, 5) is 23.5. The topological polar surface area (TPSA) is 64.6 Å². The molecule has 5 heteroatoms. The Morgan fingerprint density at radius 1 is 1.00 bits per heavy atom. The molecular formula is C19H21NO4. The minimum absolute atomic E-state index is 0.0601. The van der Waals surface area contributed by atoms with Gasteiger partial charge in [0.1, 0.15) is 5.75 Å². The van der Waals surface area contributed by atoms with Gasteiger partial charge < -0.3 is 14.8 Å². The molecule has 126 valence electrons. The van der Waals surface area contributed by atoms with Crippen LogP contribution >= 0.6 is 0 Å². The van der Waals surface area contributed by atoms with Gasteiger partial charge in [-0.15, -0.1) is 0 Å². The number of anilines is 1. The van der Waals surface area contributed by atoms with Crippen LogP contribution in [0.4, 0.5) is 5.69 Å². The molecular weight excluding hydrogens is 306 g/mol. The van der Waals surface area contributed by atoms with Gasteiger partial charge in [-0.2, -0.15) is 0 Å². The van der Waals surface area contributed by atoms with Gasteiger partial charge in [-0.3, -0.25) is 9.59 Å². The van der Waals surface area contributed by atoms with Crippen molar-refractivity contribution < 1.29 is 19.1 Å². The van der Waals surface area contributed by atoms with E-state index in [1.807, 2.05) is 30.3 Å². The molecule has 1 amide bonds. The number of esters is 1. The van der Waals surface area contributed by atoms with Crippen molar-refractivity contribution >= 4 is 17.6 Å². The second kappa shape index (κ2) is 9.35. The molecule has 0 saturated carbocycles. The van der Waals surface area contributed by atoms with Crippen molar-refractivity contribution in [2.24, 2.45) is 0 Å². The molecule has 0 fully saturated rings. The summed E-state index contributed by atoms with van der Waals surface area (Å²) in [6.07, 6.45) is 0.814. The lowest BCUT2D eigenvalue weighted by Crippen LogP contribution is -2.15. The standard InChI is InChI=1S/C19H21NO4/c1-23-17-9-5-8-16(14-17)20-18(21)10-11-19(22)24-13-12-15-6-3-2-4-7-15/h2-9,14H,10-13H2,1H3,(H,20,21). The summed E-state index contributed by atoms with van der Waals surface area (Å²) in [5, 5.41) is 2.73. The van der Waals surface area contributed by atoms with Crippen LogP contribution in [0.3, 0.4) is 0 Å². The highest BCUT2D eigenvalue weighted by Crippen LogP contribution is 2.16. The summed E-state index contributed by atoms with van der Waals surface area (Å²) in [6, 6.07) is 16.8. The smallest absolute Gasteiger partial charge is 0.306 e. The Balaban J connectivity index is 1.66. The maximum absolute atomic E-state index is 11.9. The molecule has 0 unspecified atom stereocenters. The predicted molar refractivity (Wildman–Crippen MR) is 92.0 cm³/mol. The maximum atomic E-state index is 11.9. The Morgan fingerprint density at radius 2 is 1.79 bits per heavy atom. The summed E-state index contributed by atoms with van der Waals surface area (Å²) in [6.45, 7) is 0.320. The first-order chi connectivity index (χ1) is 11.7. The first-order valence-electron chi connectivity index (χ1n) is 7.81. The molecule has 0 heterocycles. The van der Waals surface area contributed by atoms with Crippen LogP contribution in [0, 0.1) is 0 Å². The van der Waals surface area contributed by atoms with Gasteiger partial charge in [-0.1, -0.05) is 36.4 Å². The van der Waals surface area contributed by atoms with Gasteiger partial charge in [-0.05, 0) is 17.7 Å². The number of ether oxygens (including phenoxy) is 2. The predicted octanol–water partition coefficient (Wildman–Crippen LogP) is 3.20. The molecule has 0 aliphatic rings. The van der Waals surface area contributed by atoms with Gasteiger partial charge in [0, 0.05) is 24.6 Å². The van der Waals surface area contributed by atoms with E-state index < -0.39 is 0 Å². The zero-order valence-electron chi connectivity index (χ0n) is 13.7. The quantitative estimate of drug-likeness (QED) is 0.756. The van der Waals surface area contributed by atoms with Crippen molar-refractivity contribution in [3.63, 3.8) is 0 Å². The Hall–Kier alpha value is -2.82. The lowest BCUT2D eigenvalue weighted by molar-refractivity contribution is -0.144. The molecule has 1 N–H and O–H groups in total. The zero-order valence-corrected chi connectivity index (χ0v) is 13.7. The highest BCUT2D eigenvalue weighted by atomic mass is 16.5. The number of carbonyl (C=O) groups is 2. The Kier molecular flexibility index (Phi) is 6.83. The first-order valence-corrected chi connectivity index (χ1v) is 7.81. The highest BCUT2D eigenvalue weighted by Gasteiger charge is 2.09. The number of hydrogen-bond acceptors (Lipinski definition) is 4. The molecule has 0 aliphatic heterocycles. The van der Waals surface area contributed by atoms with E-state index in [9.17, 15) is 9.59 Å². The molecule has 2 rings (SSSR count). The fourth-order valence-electron chi connectivity index (χ4n) is 2.14. The van der Waals surface area contributed by atoms with Crippen molar-refractivity contribution in [1.82, 2.24) is 0 Å². The Labute approximate surface area is 141 Å². The van der Waals surface area contributed by atoms with Crippen LogP contribution in [0.15, 0.2) is 54.6 Å². The number of methoxy groups -OCH3 is 1. The number of amides is 1. The van der Waals surface area contributed by atoms with Crippen LogP contribution in [-0.4, -0.2) is 25.6 Å². The lowest BCUT2D eigenvalue weighted by Gasteiger charge is -2.07. The van der Waals surface area contributed by atoms with E-state index in [-0.39, 0.29) is 24.7 Å². The second-order valence-corrected chi connectivity index (χ2v) is 5.24. The Bertz CT molecular complexity index is 670. The largest absolute Gasteiger partial charge is 0.497 e. The van der Waals surface area contributed by atoms with E-state index >= 15 is 0 Å². The third-order valence-corrected chi connectivity index (χ3v) is 3.41.